The Labute approximate surface area is 79.8 Å². The monoisotopic (exact) mass is 188 g/mol. The zero-order valence-electron chi connectivity index (χ0n) is 8.71. The number of hydrogen-bond acceptors (Lipinski definition) is 2. The Balaban J connectivity index is 3.94. The van der Waals surface area contributed by atoms with Gasteiger partial charge in [-0.25, -0.2) is 4.79 Å². The zero-order valence-corrected chi connectivity index (χ0v) is 8.71. The summed E-state index contributed by atoms with van der Waals surface area (Å²) in [6, 6.07) is 0. The first kappa shape index (κ1) is 12.4. The molecule has 0 amide bonds. The molecule has 0 saturated heterocycles. The summed E-state index contributed by atoms with van der Waals surface area (Å²) in [7, 11) is 0. The Kier molecular flexibility index (Phi) is 4.99. The molecule has 0 aliphatic heterocycles. The molecule has 0 bridgehead atoms. The molecule has 3 heteroatoms. The first-order valence-corrected chi connectivity index (χ1v) is 4.88. The smallest absolute Gasteiger partial charge is 0.335 e. The van der Waals surface area contributed by atoms with Crippen molar-refractivity contribution in [2.75, 3.05) is 0 Å². The Morgan fingerprint density at radius 3 is 2.38 bits per heavy atom. The van der Waals surface area contributed by atoms with Crippen LogP contribution in [0.5, 0.6) is 0 Å². The molecule has 2 atom stereocenters. The fourth-order valence-electron chi connectivity index (χ4n) is 1.19. The molecular formula is C10H20O3. The number of carbonyl (C=O) groups is 1. The van der Waals surface area contributed by atoms with Gasteiger partial charge in [0.05, 0.1) is 0 Å². The van der Waals surface area contributed by atoms with E-state index in [1.54, 1.807) is 6.92 Å². The fourth-order valence-corrected chi connectivity index (χ4v) is 1.19. The molecule has 3 nitrogen and oxygen atoms in total. The van der Waals surface area contributed by atoms with Crippen molar-refractivity contribution in [3.05, 3.63) is 0 Å². The van der Waals surface area contributed by atoms with Crippen LogP contribution in [0.4, 0.5) is 0 Å². The van der Waals surface area contributed by atoms with Crippen LogP contribution in [0.1, 0.15) is 46.5 Å². The maximum Gasteiger partial charge on any atom is 0.335 e. The van der Waals surface area contributed by atoms with Crippen LogP contribution in [0.25, 0.3) is 0 Å². The number of carboxylic acids is 1. The average Bonchev–Trinajstić information content (AvgIpc) is 2.04. The van der Waals surface area contributed by atoms with Crippen molar-refractivity contribution in [1.29, 1.82) is 0 Å². The van der Waals surface area contributed by atoms with Gasteiger partial charge in [0.25, 0.3) is 0 Å². The van der Waals surface area contributed by atoms with Crippen molar-refractivity contribution in [2.45, 2.75) is 52.1 Å². The van der Waals surface area contributed by atoms with Crippen LogP contribution in [0.3, 0.4) is 0 Å². The Morgan fingerprint density at radius 2 is 2.00 bits per heavy atom. The standard InChI is InChI=1S/C10H20O3/c1-4-5-6-7-8(2)10(3,13)9(11)12/h8,13H,4-7H2,1-3H3,(H,11,12). The maximum absolute atomic E-state index is 10.6. The van der Waals surface area contributed by atoms with E-state index in [2.05, 4.69) is 6.92 Å². The lowest BCUT2D eigenvalue weighted by Crippen LogP contribution is -2.41. The van der Waals surface area contributed by atoms with Gasteiger partial charge in [-0.05, 0) is 19.3 Å². The van der Waals surface area contributed by atoms with Gasteiger partial charge in [-0.1, -0.05) is 33.1 Å². The third kappa shape index (κ3) is 3.77. The summed E-state index contributed by atoms with van der Waals surface area (Å²) in [4.78, 5) is 10.6. The van der Waals surface area contributed by atoms with E-state index in [-0.39, 0.29) is 5.92 Å². The number of rotatable bonds is 6. The van der Waals surface area contributed by atoms with Gasteiger partial charge in [-0.15, -0.1) is 0 Å². The second-order valence-corrected chi connectivity index (χ2v) is 3.85. The predicted octanol–water partition coefficient (Wildman–Crippen LogP) is 2.04. The molecule has 2 N–H and O–H groups in total. The zero-order chi connectivity index (χ0) is 10.5. The highest BCUT2D eigenvalue weighted by Gasteiger charge is 2.35. The third-order valence-corrected chi connectivity index (χ3v) is 2.63. The van der Waals surface area contributed by atoms with Crippen LogP contribution in [0.15, 0.2) is 0 Å². The van der Waals surface area contributed by atoms with Gasteiger partial charge in [0, 0.05) is 0 Å². The van der Waals surface area contributed by atoms with E-state index in [0.717, 1.165) is 25.7 Å². The summed E-state index contributed by atoms with van der Waals surface area (Å²) in [6.07, 6.45) is 3.97. The minimum absolute atomic E-state index is 0.184. The molecular weight excluding hydrogens is 168 g/mol. The van der Waals surface area contributed by atoms with E-state index in [0.29, 0.717) is 0 Å². The lowest BCUT2D eigenvalue weighted by molar-refractivity contribution is -0.162. The number of hydrogen-bond donors (Lipinski definition) is 2. The Hall–Kier alpha value is -0.570. The van der Waals surface area contributed by atoms with Gasteiger partial charge in [0.15, 0.2) is 5.60 Å². The molecule has 0 heterocycles. The van der Waals surface area contributed by atoms with Crippen molar-refractivity contribution in [3.8, 4) is 0 Å². The summed E-state index contributed by atoms with van der Waals surface area (Å²) < 4.78 is 0. The minimum Gasteiger partial charge on any atom is -0.479 e. The predicted molar refractivity (Wildman–Crippen MR) is 51.6 cm³/mol. The summed E-state index contributed by atoms with van der Waals surface area (Å²) in [6.45, 7) is 5.25. The Bertz CT molecular complexity index is 164. The van der Waals surface area contributed by atoms with Crippen LogP contribution in [0, 0.1) is 5.92 Å². The van der Waals surface area contributed by atoms with Gasteiger partial charge < -0.3 is 10.2 Å². The fraction of sp³-hybridized carbons (Fsp3) is 0.900. The van der Waals surface area contributed by atoms with Gasteiger partial charge >= 0.3 is 5.97 Å². The molecule has 2 unspecified atom stereocenters. The molecule has 0 rings (SSSR count). The highest BCUT2D eigenvalue weighted by atomic mass is 16.4. The molecule has 0 radical (unpaired) electrons. The van der Waals surface area contributed by atoms with E-state index < -0.39 is 11.6 Å². The summed E-state index contributed by atoms with van der Waals surface area (Å²) >= 11 is 0. The molecule has 0 aliphatic rings. The first-order chi connectivity index (χ1) is 5.92. The molecule has 0 aromatic carbocycles. The van der Waals surface area contributed by atoms with Crippen molar-refractivity contribution >= 4 is 5.97 Å². The van der Waals surface area contributed by atoms with Crippen molar-refractivity contribution in [1.82, 2.24) is 0 Å². The van der Waals surface area contributed by atoms with E-state index in [1.807, 2.05) is 0 Å². The molecule has 0 aliphatic carbocycles. The Morgan fingerprint density at radius 1 is 1.46 bits per heavy atom. The first-order valence-electron chi connectivity index (χ1n) is 4.88. The van der Waals surface area contributed by atoms with Gasteiger partial charge in [0.1, 0.15) is 0 Å². The van der Waals surface area contributed by atoms with Crippen molar-refractivity contribution < 1.29 is 15.0 Å². The van der Waals surface area contributed by atoms with Crippen molar-refractivity contribution in [3.63, 3.8) is 0 Å². The average molecular weight is 188 g/mol. The molecule has 13 heavy (non-hydrogen) atoms. The number of unbranched alkanes of at least 4 members (excludes halogenated alkanes) is 2. The molecule has 0 aromatic rings. The third-order valence-electron chi connectivity index (χ3n) is 2.63. The van der Waals surface area contributed by atoms with Gasteiger partial charge in [0.2, 0.25) is 0 Å². The van der Waals surface area contributed by atoms with Crippen LogP contribution in [0.2, 0.25) is 0 Å². The summed E-state index contributed by atoms with van der Waals surface area (Å²) in [5, 5.41) is 18.3. The van der Waals surface area contributed by atoms with E-state index >= 15 is 0 Å². The lowest BCUT2D eigenvalue weighted by Gasteiger charge is -2.25. The van der Waals surface area contributed by atoms with Crippen molar-refractivity contribution in [2.24, 2.45) is 5.92 Å². The van der Waals surface area contributed by atoms with Crippen LogP contribution in [-0.2, 0) is 4.79 Å². The molecule has 0 saturated carbocycles. The SMILES string of the molecule is CCCCCC(C)C(C)(O)C(=O)O. The lowest BCUT2D eigenvalue weighted by atomic mass is 9.86. The maximum atomic E-state index is 10.6. The van der Waals surface area contributed by atoms with Gasteiger partial charge in [-0.2, -0.15) is 0 Å². The topological polar surface area (TPSA) is 57.5 Å². The molecule has 0 spiro atoms. The number of carboxylic acid groups (broad SMARTS) is 1. The quantitative estimate of drug-likeness (QED) is 0.627. The highest BCUT2D eigenvalue weighted by molar-refractivity contribution is 5.76. The van der Waals surface area contributed by atoms with E-state index in [4.69, 9.17) is 5.11 Å². The van der Waals surface area contributed by atoms with Crippen LogP contribution < -0.4 is 0 Å². The molecule has 0 aromatic heterocycles. The summed E-state index contributed by atoms with van der Waals surface area (Å²) in [5.74, 6) is -1.31. The second-order valence-electron chi connectivity index (χ2n) is 3.85. The molecule has 0 fully saturated rings. The summed E-state index contributed by atoms with van der Waals surface area (Å²) in [5.41, 5.74) is -1.58. The van der Waals surface area contributed by atoms with Crippen LogP contribution >= 0.6 is 0 Å². The van der Waals surface area contributed by atoms with Crippen LogP contribution in [-0.4, -0.2) is 21.8 Å². The second kappa shape index (κ2) is 5.22. The van der Waals surface area contributed by atoms with Gasteiger partial charge in [-0.3, -0.25) is 0 Å². The normalized spacial score (nSPS) is 17.8. The highest BCUT2D eigenvalue weighted by Crippen LogP contribution is 2.22. The largest absolute Gasteiger partial charge is 0.479 e. The number of aliphatic hydroxyl groups is 1. The minimum atomic E-state index is -1.58. The van der Waals surface area contributed by atoms with E-state index in [9.17, 15) is 9.90 Å². The molecule has 78 valence electrons. The number of aliphatic carboxylic acids is 1. The van der Waals surface area contributed by atoms with E-state index in [1.165, 1.54) is 6.92 Å².